The van der Waals surface area contributed by atoms with Crippen molar-refractivity contribution >= 4 is 23.6 Å². The van der Waals surface area contributed by atoms with Crippen LogP contribution in [0.25, 0.3) is 6.08 Å². The number of halogens is 1. The van der Waals surface area contributed by atoms with Gasteiger partial charge in [-0.05, 0) is 23.8 Å². The zero-order valence-electron chi connectivity index (χ0n) is 11.9. The van der Waals surface area contributed by atoms with Crippen LogP contribution >= 0.6 is 11.6 Å². The minimum absolute atomic E-state index is 0.447. The Bertz CT molecular complexity index is 473. The fourth-order valence-corrected chi connectivity index (χ4v) is 1.74. The molecular weight excluding hydrogens is 296 g/mol. The van der Waals surface area contributed by atoms with E-state index in [0.717, 1.165) is 12.5 Å². The lowest BCUT2D eigenvalue weighted by atomic mass is 10.2. The first kappa shape index (κ1) is 17.5. The highest BCUT2D eigenvalue weighted by Gasteiger charge is 2.02. The van der Waals surface area contributed by atoms with E-state index in [9.17, 15) is 4.79 Å². The van der Waals surface area contributed by atoms with E-state index in [0.29, 0.717) is 42.8 Å². The zero-order valence-corrected chi connectivity index (χ0v) is 12.6. The van der Waals surface area contributed by atoms with E-state index < -0.39 is 5.97 Å². The third-order valence-corrected chi connectivity index (χ3v) is 2.79. The second-order valence-corrected chi connectivity index (χ2v) is 4.58. The molecule has 0 fully saturated rings. The minimum Gasteiger partial charge on any atom is -0.492 e. The molecule has 1 aromatic carbocycles. The molecule has 0 radical (unpaired) electrons. The van der Waals surface area contributed by atoms with E-state index >= 15 is 0 Å². The summed E-state index contributed by atoms with van der Waals surface area (Å²) in [6.07, 6.45) is 3.28. The molecule has 1 N–H and O–H groups in total. The number of aliphatic carboxylic acids is 1. The highest BCUT2D eigenvalue weighted by atomic mass is 35.5. The standard InChI is InChI=1S/C15H19ClO5/c1-19-9-10-20-7-2-8-21-14-5-3-12(11-13(14)16)4-6-15(17)18/h3-6,11H,2,7-10H2,1H3,(H,17,18)/b6-4+. The van der Waals surface area contributed by atoms with Gasteiger partial charge in [0.25, 0.3) is 0 Å². The summed E-state index contributed by atoms with van der Waals surface area (Å²) in [6.45, 7) is 2.25. The summed E-state index contributed by atoms with van der Waals surface area (Å²) in [5.74, 6) is -0.430. The number of carboxylic acids is 1. The molecule has 0 atom stereocenters. The quantitative estimate of drug-likeness (QED) is 0.531. The average molecular weight is 315 g/mol. The topological polar surface area (TPSA) is 65.0 Å². The van der Waals surface area contributed by atoms with Crippen LogP contribution < -0.4 is 4.74 Å². The fraction of sp³-hybridized carbons (Fsp3) is 0.400. The summed E-state index contributed by atoms with van der Waals surface area (Å²) in [5.41, 5.74) is 0.706. The molecule has 0 spiro atoms. The number of benzene rings is 1. The molecule has 0 saturated heterocycles. The van der Waals surface area contributed by atoms with Gasteiger partial charge in [-0.1, -0.05) is 17.7 Å². The van der Waals surface area contributed by atoms with Crippen LogP contribution in [0.2, 0.25) is 5.02 Å². The first-order valence-corrected chi connectivity index (χ1v) is 6.91. The summed E-state index contributed by atoms with van der Waals surface area (Å²) < 4.78 is 15.7. The normalized spacial score (nSPS) is 11.0. The molecule has 6 heteroatoms. The van der Waals surface area contributed by atoms with Crippen molar-refractivity contribution in [3.63, 3.8) is 0 Å². The largest absolute Gasteiger partial charge is 0.492 e. The predicted molar refractivity (Wildman–Crippen MR) is 80.9 cm³/mol. The maximum absolute atomic E-state index is 10.4. The Labute approximate surface area is 129 Å². The number of rotatable bonds is 10. The highest BCUT2D eigenvalue weighted by molar-refractivity contribution is 6.32. The zero-order chi connectivity index (χ0) is 15.5. The first-order chi connectivity index (χ1) is 10.1. The molecule has 0 heterocycles. The van der Waals surface area contributed by atoms with Gasteiger partial charge in [0.1, 0.15) is 5.75 Å². The molecule has 0 aliphatic heterocycles. The molecule has 0 aromatic heterocycles. The third-order valence-electron chi connectivity index (χ3n) is 2.50. The Morgan fingerprint density at radius 1 is 1.29 bits per heavy atom. The van der Waals surface area contributed by atoms with Gasteiger partial charge < -0.3 is 19.3 Å². The first-order valence-electron chi connectivity index (χ1n) is 6.53. The number of carbonyl (C=O) groups is 1. The van der Waals surface area contributed by atoms with Gasteiger partial charge in [-0.25, -0.2) is 4.79 Å². The van der Waals surface area contributed by atoms with Crippen LogP contribution in [-0.2, 0) is 14.3 Å². The van der Waals surface area contributed by atoms with Crippen LogP contribution in [0.4, 0.5) is 0 Å². The Hall–Kier alpha value is -1.56. The predicted octanol–water partition coefficient (Wildman–Crippen LogP) is 2.87. The average Bonchev–Trinajstić information content (AvgIpc) is 2.46. The van der Waals surface area contributed by atoms with Gasteiger partial charge in [0.2, 0.25) is 0 Å². The van der Waals surface area contributed by atoms with Gasteiger partial charge in [0.15, 0.2) is 0 Å². The maximum Gasteiger partial charge on any atom is 0.328 e. The Balaban J connectivity index is 2.34. The second kappa shape index (κ2) is 10.2. The van der Waals surface area contributed by atoms with Crippen molar-refractivity contribution in [3.8, 4) is 5.75 Å². The lowest BCUT2D eigenvalue weighted by Gasteiger charge is -2.09. The smallest absolute Gasteiger partial charge is 0.328 e. The van der Waals surface area contributed by atoms with Crippen LogP contribution in [0.5, 0.6) is 5.75 Å². The lowest BCUT2D eigenvalue weighted by molar-refractivity contribution is -0.131. The molecule has 0 aliphatic rings. The highest BCUT2D eigenvalue weighted by Crippen LogP contribution is 2.26. The maximum atomic E-state index is 10.4. The van der Waals surface area contributed by atoms with Crippen molar-refractivity contribution in [3.05, 3.63) is 34.9 Å². The van der Waals surface area contributed by atoms with Crippen molar-refractivity contribution < 1.29 is 24.1 Å². The molecule has 1 aromatic rings. The molecule has 0 saturated carbocycles. The number of carboxylic acid groups (broad SMARTS) is 1. The second-order valence-electron chi connectivity index (χ2n) is 4.17. The van der Waals surface area contributed by atoms with Crippen molar-refractivity contribution in [2.45, 2.75) is 6.42 Å². The van der Waals surface area contributed by atoms with Gasteiger partial charge >= 0.3 is 5.97 Å². The van der Waals surface area contributed by atoms with Crippen LogP contribution in [0.15, 0.2) is 24.3 Å². The molecule has 5 nitrogen and oxygen atoms in total. The van der Waals surface area contributed by atoms with Crippen molar-refractivity contribution in [2.24, 2.45) is 0 Å². The molecule has 21 heavy (non-hydrogen) atoms. The van der Waals surface area contributed by atoms with E-state index in [4.69, 9.17) is 30.9 Å². The molecule has 116 valence electrons. The SMILES string of the molecule is COCCOCCCOc1ccc(/C=C/C(=O)O)cc1Cl. The molecule has 0 unspecified atom stereocenters. The van der Waals surface area contributed by atoms with Crippen molar-refractivity contribution in [1.29, 1.82) is 0 Å². The third kappa shape index (κ3) is 7.70. The van der Waals surface area contributed by atoms with Gasteiger partial charge in [-0.2, -0.15) is 0 Å². The number of methoxy groups -OCH3 is 1. The van der Waals surface area contributed by atoms with Crippen LogP contribution in [0, 0.1) is 0 Å². The number of hydrogen-bond acceptors (Lipinski definition) is 4. The fourth-order valence-electron chi connectivity index (χ4n) is 1.49. The molecular formula is C15H19ClO5. The van der Waals surface area contributed by atoms with Gasteiger partial charge in [0.05, 0.1) is 24.8 Å². The summed E-state index contributed by atoms with van der Waals surface area (Å²) in [7, 11) is 1.63. The minimum atomic E-state index is -1.00. The van der Waals surface area contributed by atoms with Crippen LogP contribution in [-0.4, -0.2) is 44.6 Å². The van der Waals surface area contributed by atoms with E-state index in [-0.39, 0.29) is 0 Å². The Kier molecular flexibility index (Phi) is 8.50. The van der Waals surface area contributed by atoms with E-state index in [2.05, 4.69) is 0 Å². The molecule has 1 rings (SSSR count). The van der Waals surface area contributed by atoms with Crippen LogP contribution in [0.3, 0.4) is 0 Å². The van der Waals surface area contributed by atoms with E-state index in [1.807, 2.05) is 0 Å². The van der Waals surface area contributed by atoms with Crippen molar-refractivity contribution in [1.82, 2.24) is 0 Å². The summed E-state index contributed by atoms with van der Waals surface area (Å²) >= 11 is 6.07. The monoisotopic (exact) mass is 314 g/mol. The summed E-state index contributed by atoms with van der Waals surface area (Å²) in [5, 5.41) is 9.00. The summed E-state index contributed by atoms with van der Waals surface area (Å²) in [4.78, 5) is 10.4. The van der Waals surface area contributed by atoms with E-state index in [1.165, 1.54) is 6.08 Å². The number of ether oxygens (including phenoxy) is 3. The number of hydrogen-bond donors (Lipinski definition) is 1. The lowest BCUT2D eigenvalue weighted by Crippen LogP contribution is -2.06. The van der Waals surface area contributed by atoms with Crippen LogP contribution in [0.1, 0.15) is 12.0 Å². The molecule has 0 amide bonds. The Morgan fingerprint density at radius 2 is 2.10 bits per heavy atom. The van der Waals surface area contributed by atoms with Crippen molar-refractivity contribution in [2.75, 3.05) is 33.5 Å². The van der Waals surface area contributed by atoms with Gasteiger partial charge in [-0.15, -0.1) is 0 Å². The van der Waals surface area contributed by atoms with E-state index in [1.54, 1.807) is 25.3 Å². The summed E-state index contributed by atoms with van der Waals surface area (Å²) in [6, 6.07) is 5.12. The van der Waals surface area contributed by atoms with Gasteiger partial charge in [0, 0.05) is 26.2 Å². The molecule has 0 aliphatic carbocycles. The van der Waals surface area contributed by atoms with Gasteiger partial charge in [-0.3, -0.25) is 0 Å². The Morgan fingerprint density at radius 3 is 2.76 bits per heavy atom. The molecule has 0 bridgehead atoms.